The lowest BCUT2D eigenvalue weighted by Gasteiger charge is -2.28. The Bertz CT molecular complexity index is 1100. The zero-order chi connectivity index (χ0) is 24.2. The Morgan fingerprint density at radius 2 is 1.65 bits per heavy atom. The van der Waals surface area contributed by atoms with Crippen LogP contribution in [0, 0.1) is 0 Å². The second kappa shape index (κ2) is 10.1. The third-order valence-electron chi connectivity index (χ3n) is 6.31. The highest BCUT2D eigenvalue weighted by molar-refractivity contribution is 5.90. The van der Waals surface area contributed by atoms with Gasteiger partial charge in [0.2, 0.25) is 11.8 Å². The van der Waals surface area contributed by atoms with Crippen LogP contribution in [0.5, 0.6) is 0 Å². The number of likely N-dealkylation sites (tertiary alicyclic amines) is 1. The molecule has 0 radical (unpaired) electrons. The van der Waals surface area contributed by atoms with Gasteiger partial charge in [0.05, 0.1) is 12.6 Å². The molecule has 1 fully saturated rings. The Morgan fingerprint density at radius 3 is 2.26 bits per heavy atom. The van der Waals surface area contributed by atoms with Gasteiger partial charge in [-0.05, 0) is 40.0 Å². The van der Waals surface area contributed by atoms with Crippen LogP contribution in [0.4, 0.5) is 4.39 Å². The number of tetrazole rings is 1. The molecule has 1 saturated heterocycles. The van der Waals surface area contributed by atoms with Gasteiger partial charge in [-0.2, -0.15) is 0 Å². The lowest BCUT2D eigenvalue weighted by Crippen LogP contribution is -2.48. The smallest absolute Gasteiger partial charge is 0.248 e. The molecule has 178 valence electrons. The molecule has 1 aromatic heterocycles. The van der Waals surface area contributed by atoms with Gasteiger partial charge in [-0.3, -0.25) is 9.59 Å². The highest BCUT2D eigenvalue weighted by Gasteiger charge is 2.42. The second-order valence-electron chi connectivity index (χ2n) is 8.98. The van der Waals surface area contributed by atoms with E-state index in [-0.39, 0.29) is 18.9 Å². The fraction of sp³-hybridized carbons (Fsp3) is 0.400. The maximum absolute atomic E-state index is 14.4. The first kappa shape index (κ1) is 23.5. The van der Waals surface area contributed by atoms with Gasteiger partial charge in [0.1, 0.15) is 24.6 Å². The lowest BCUT2D eigenvalue weighted by molar-refractivity contribution is -0.141. The average molecular weight is 465 g/mol. The van der Waals surface area contributed by atoms with E-state index in [0.717, 1.165) is 11.1 Å². The molecule has 4 rings (SSSR count). The molecule has 0 aliphatic carbocycles. The van der Waals surface area contributed by atoms with Crippen LogP contribution in [0.15, 0.2) is 60.9 Å². The van der Waals surface area contributed by atoms with Gasteiger partial charge < -0.3 is 10.2 Å². The van der Waals surface area contributed by atoms with Crippen LogP contribution in [0.3, 0.4) is 0 Å². The van der Waals surface area contributed by atoms with Crippen molar-refractivity contribution in [1.82, 2.24) is 30.4 Å². The van der Waals surface area contributed by atoms with Crippen LogP contribution in [0.2, 0.25) is 0 Å². The standard InChI is InChI=1S/C25H29FN6O2/c1-16(2)18-9-11-20(12-10-18)23(19-7-5-4-6-8-19)28-24(33)22-13-21(26)14-31(22)25(34)17(3)32-15-27-29-30-32/h4-12,15-17,21-23H,13-14H2,1-3H3,(H,28,33)/t17?,21-,22+,23+/m1/s1. The highest BCUT2D eigenvalue weighted by atomic mass is 19.1. The fourth-order valence-electron chi connectivity index (χ4n) is 4.29. The van der Waals surface area contributed by atoms with Gasteiger partial charge in [-0.15, -0.1) is 5.10 Å². The van der Waals surface area contributed by atoms with Crippen LogP contribution >= 0.6 is 0 Å². The summed E-state index contributed by atoms with van der Waals surface area (Å²) in [6.07, 6.45) is 0.00177. The maximum atomic E-state index is 14.4. The van der Waals surface area contributed by atoms with Gasteiger partial charge in [0, 0.05) is 6.42 Å². The molecule has 4 atom stereocenters. The first-order valence-electron chi connectivity index (χ1n) is 11.5. The van der Waals surface area contributed by atoms with Gasteiger partial charge in [0.15, 0.2) is 0 Å². The van der Waals surface area contributed by atoms with E-state index < -0.39 is 30.2 Å². The largest absolute Gasteiger partial charge is 0.343 e. The average Bonchev–Trinajstić information content (AvgIpc) is 3.52. The molecule has 3 aromatic rings. The van der Waals surface area contributed by atoms with Crippen molar-refractivity contribution in [2.75, 3.05) is 6.54 Å². The molecular formula is C25H29FN6O2. The number of carbonyl (C=O) groups is 2. The van der Waals surface area contributed by atoms with Crippen molar-refractivity contribution in [3.63, 3.8) is 0 Å². The summed E-state index contributed by atoms with van der Waals surface area (Å²) in [5.74, 6) is -0.398. The number of halogens is 1. The van der Waals surface area contributed by atoms with E-state index in [2.05, 4.69) is 46.8 Å². The quantitative estimate of drug-likeness (QED) is 0.580. The SMILES string of the molecule is CC(C)c1ccc([C@@H](NC(=O)[C@@H]2C[C@@H](F)CN2C(=O)C(C)n2cnnn2)c2ccccc2)cc1. The topological polar surface area (TPSA) is 93.0 Å². The third-order valence-corrected chi connectivity index (χ3v) is 6.31. The molecule has 0 bridgehead atoms. The molecule has 9 heteroatoms. The monoisotopic (exact) mass is 464 g/mol. The number of rotatable bonds is 7. The molecule has 34 heavy (non-hydrogen) atoms. The Morgan fingerprint density at radius 1 is 1.00 bits per heavy atom. The molecule has 8 nitrogen and oxygen atoms in total. The van der Waals surface area contributed by atoms with E-state index in [1.54, 1.807) is 6.92 Å². The van der Waals surface area contributed by atoms with E-state index in [9.17, 15) is 14.0 Å². The zero-order valence-corrected chi connectivity index (χ0v) is 19.5. The van der Waals surface area contributed by atoms with E-state index in [4.69, 9.17) is 0 Å². The van der Waals surface area contributed by atoms with E-state index in [1.807, 2.05) is 42.5 Å². The van der Waals surface area contributed by atoms with Crippen molar-refractivity contribution in [3.05, 3.63) is 77.6 Å². The number of nitrogens with one attached hydrogen (secondary N) is 1. The molecule has 1 N–H and O–H groups in total. The fourth-order valence-corrected chi connectivity index (χ4v) is 4.29. The summed E-state index contributed by atoms with van der Waals surface area (Å²) in [6.45, 7) is 5.74. The maximum Gasteiger partial charge on any atom is 0.248 e. The van der Waals surface area contributed by atoms with Crippen LogP contribution in [0.25, 0.3) is 0 Å². The number of alkyl halides is 1. The number of nitrogens with zero attached hydrogens (tertiary/aromatic N) is 5. The number of hydrogen-bond acceptors (Lipinski definition) is 5. The van der Waals surface area contributed by atoms with E-state index in [0.29, 0.717) is 5.92 Å². The summed E-state index contributed by atoms with van der Waals surface area (Å²) < 4.78 is 15.7. The summed E-state index contributed by atoms with van der Waals surface area (Å²) in [6, 6.07) is 15.6. The first-order chi connectivity index (χ1) is 16.3. The predicted molar refractivity (Wildman–Crippen MR) is 125 cm³/mol. The van der Waals surface area contributed by atoms with Crippen molar-refractivity contribution >= 4 is 11.8 Å². The van der Waals surface area contributed by atoms with Gasteiger partial charge in [-0.25, -0.2) is 9.07 Å². The normalized spacial score (nSPS) is 19.7. The molecule has 1 unspecified atom stereocenters. The minimum Gasteiger partial charge on any atom is -0.343 e. The van der Waals surface area contributed by atoms with Crippen LogP contribution < -0.4 is 5.32 Å². The molecule has 2 aromatic carbocycles. The predicted octanol–water partition coefficient (Wildman–Crippen LogP) is 3.20. The lowest BCUT2D eigenvalue weighted by atomic mass is 9.95. The Hall–Kier alpha value is -3.62. The number of hydrogen-bond donors (Lipinski definition) is 1. The van der Waals surface area contributed by atoms with Crippen molar-refractivity contribution in [1.29, 1.82) is 0 Å². The third kappa shape index (κ3) is 4.98. The zero-order valence-electron chi connectivity index (χ0n) is 19.5. The summed E-state index contributed by atoms with van der Waals surface area (Å²) >= 11 is 0. The number of carbonyl (C=O) groups excluding carboxylic acids is 2. The molecule has 2 heterocycles. The summed E-state index contributed by atoms with van der Waals surface area (Å²) in [4.78, 5) is 27.8. The Labute approximate surface area is 198 Å². The van der Waals surface area contributed by atoms with Crippen LogP contribution in [-0.4, -0.2) is 55.7 Å². The molecule has 0 spiro atoms. The number of aromatic nitrogens is 4. The van der Waals surface area contributed by atoms with Crippen molar-refractivity contribution in [2.24, 2.45) is 0 Å². The molecular weight excluding hydrogens is 435 g/mol. The van der Waals surface area contributed by atoms with E-state index in [1.165, 1.54) is 21.5 Å². The highest BCUT2D eigenvalue weighted by Crippen LogP contribution is 2.28. The van der Waals surface area contributed by atoms with Crippen LogP contribution in [-0.2, 0) is 9.59 Å². The Balaban J connectivity index is 1.58. The molecule has 1 aliphatic heterocycles. The number of amides is 2. The molecule has 1 aliphatic rings. The van der Waals surface area contributed by atoms with Gasteiger partial charge in [-0.1, -0.05) is 68.4 Å². The second-order valence-corrected chi connectivity index (χ2v) is 8.98. The summed E-state index contributed by atoms with van der Waals surface area (Å²) in [5.41, 5.74) is 3.02. The van der Waals surface area contributed by atoms with Gasteiger partial charge in [0.25, 0.3) is 0 Å². The van der Waals surface area contributed by atoms with Crippen molar-refractivity contribution < 1.29 is 14.0 Å². The van der Waals surface area contributed by atoms with Gasteiger partial charge >= 0.3 is 0 Å². The first-order valence-corrected chi connectivity index (χ1v) is 11.5. The van der Waals surface area contributed by atoms with E-state index >= 15 is 0 Å². The number of benzene rings is 2. The minimum absolute atomic E-state index is 0.0479. The van der Waals surface area contributed by atoms with Crippen molar-refractivity contribution in [2.45, 2.75) is 57.4 Å². The molecule has 0 saturated carbocycles. The Kier molecular flexibility index (Phi) is 7.00. The van der Waals surface area contributed by atoms with Crippen molar-refractivity contribution in [3.8, 4) is 0 Å². The summed E-state index contributed by atoms with van der Waals surface area (Å²) in [7, 11) is 0. The minimum atomic E-state index is -1.28. The van der Waals surface area contributed by atoms with Crippen LogP contribution in [0.1, 0.15) is 61.9 Å². The molecule has 2 amide bonds. The summed E-state index contributed by atoms with van der Waals surface area (Å²) in [5, 5.41) is 13.9.